The summed E-state index contributed by atoms with van der Waals surface area (Å²) in [5.74, 6) is 1.46. The first-order chi connectivity index (χ1) is 12.6. The first kappa shape index (κ1) is 17.6. The number of nitrogens with zero attached hydrogens (tertiary/aromatic N) is 2. The van der Waals surface area contributed by atoms with E-state index >= 15 is 0 Å². The lowest BCUT2D eigenvalue weighted by Gasteiger charge is -2.32. The van der Waals surface area contributed by atoms with Gasteiger partial charge in [-0.3, -0.25) is 4.79 Å². The minimum Gasteiger partial charge on any atom is -0.451 e. The molecule has 4 rings (SSSR count). The largest absolute Gasteiger partial charge is 0.451 e. The number of hydrogen-bond donors (Lipinski definition) is 1. The molecule has 140 valence electrons. The number of rotatable bonds is 6. The molecule has 5 nitrogen and oxygen atoms in total. The number of carbonyl (C=O) groups excluding carboxylic acids is 1. The van der Waals surface area contributed by atoms with E-state index in [-0.39, 0.29) is 5.91 Å². The summed E-state index contributed by atoms with van der Waals surface area (Å²) in [7, 11) is 4.04. The Kier molecular flexibility index (Phi) is 5.00. The molecule has 2 aromatic rings. The Morgan fingerprint density at radius 2 is 1.92 bits per heavy atom. The lowest BCUT2D eigenvalue weighted by Crippen LogP contribution is -2.45. The van der Waals surface area contributed by atoms with Crippen molar-refractivity contribution in [2.75, 3.05) is 33.7 Å². The molecule has 2 heterocycles. The predicted octanol–water partition coefficient (Wildman–Crippen LogP) is 3.10. The first-order valence-corrected chi connectivity index (χ1v) is 9.79. The molecule has 1 saturated carbocycles. The molecule has 0 bridgehead atoms. The number of furan rings is 1. The van der Waals surface area contributed by atoms with Gasteiger partial charge in [0.15, 0.2) is 5.76 Å². The van der Waals surface area contributed by atoms with Gasteiger partial charge in [0, 0.05) is 36.6 Å². The quantitative estimate of drug-likeness (QED) is 0.865. The molecular formula is C21H29N3O2. The Balaban J connectivity index is 1.47. The van der Waals surface area contributed by atoms with Crippen molar-refractivity contribution < 1.29 is 9.21 Å². The third-order valence-electron chi connectivity index (χ3n) is 5.54. The van der Waals surface area contributed by atoms with Gasteiger partial charge in [-0.15, -0.1) is 0 Å². The fraction of sp³-hybridized carbons (Fsp3) is 0.571. The summed E-state index contributed by atoms with van der Waals surface area (Å²) < 4.78 is 6.00. The van der Waals surface area contributed by atoms with Crippen LogP contribution < -0.4 is 5.32 Å². The van der Waals surface area contributed by atoms with E-state index in [1.807, 2.05) is 43.3 Å². The molecule has 2 aliphatic rings. The summed E-state index contributed by atoms with van der Waals surface area (Å²) in [5.41, 5.74) is 1.80. The van der Waals surface area contributed by atoms with Crippen LogP contribution in [0.2, 0.25) is 0 Å². The second kappa shape index (κ2) is 7.41. The monoisotopic (exact) mass is 355 g/mol. The van der Waals surface area contributed by atoms with Crippen LogP contribution in [0.3, 0.4) is 0 Å². The molecule has 1 amide bonds. The molecule has 1 aromatic carbocycles. The highest BCUT2D eigenvalue weighted by Crippen LogP contribution is 2.30. The van der Waals surface area contributed by atoms with Gasteiger partial charge < -0.3 is 19.5 Å². The SMILES string of the molecule is CN(C)Cc1c(C(=O)N2CCC(NCC3CC3)CC2)oc2ccccc12. The third kappa shape index (κ3) is 3.79. The maximum atomic E-state index is 13.1. The zero-order chi connectivity index (χ0) is 18.1. The molecule has 1 aliphatic carbocycles. The van der Waals surface area contributed by atoms with Crippen LogP contribution in [-0.4, -0.2) is 55.5 Å². The Morgan fingerprint density at radius 1 is 1.19 bits per heavy atom. The predicted molar refractivity (Wildman–Crippen MR) is 103 cm³/mol. The van der Waals surface area contributed by atoms with Crippen molar-refractivity contribution in [3.05, 3.63) is 35.6 Å². The van der Waals surface area contributed by atoms with Gasteiger partial charge in [0.25, 0.3) is 5.91 Å². The van der Waals surface area contributed by atoms with Gasteiger partial charge in [-0.05, 0) is 58.3 Å². The van der Waals surface area contributed by atoms with Crippen LogP contribution in [0.25, 0.3) is 11.0 Å². The number of piperidine rings is 1. The van der Waals surface area contributed by atoms with E-state index in [1.54, 1.807) is 0 Å². The summed E-state index contributed by atoms with van der Waals surface area (Å²) in [6, 6.07) is 8.50. The van der Waals surface area contributed by atoms with Crippen LogP contribution in [-0.2, 0) is 6.54 Å². The number of para-hydroxylation sites is 1. The normalized spacial score (nSPS) is 18.8. The van der Waals surface area contributed by atoms with Crippen molar-refractivity contribution in [2.24, 2.45) is 5.92 Å². The van der Waals surface area contributed by atoms with Gasteiger partial charge in [-0.2, -0.15) is 0 Å². The Morgan fingerprint density at radius 3 is 2.62 bits per heavy atom. The fourth-order valence-electron chi connectivity index (χ4n) is 3.83. The first-order valence-electron chi connectivity index (χ1n) is 9.79. The second-order valence-corrected chi connectivity index (χ2v) is 8.06. The third-order valence-corrected chi connectivity index (χ3v) is 5.54. The van der Waals surface area contributed by atoms with Crippen molar-refractivity contribution in [3.63, 3.8) is 0 Å². The van der Waals surface area contributed by atoms with E-state index < -0.39 is 0 Å². The molecule has 5 heteroatoms. The van der Waals surface area contributed by atoms with Crippen LogP contribution in [0.1, 0.15) is 41.8 Å². The van der Waals surface area contributed by atoms with Gasteiger partial charge in [0.05, 0.1) is 0 Å². The van der Waals surface area contributed by atoms with E-state index in [0.29, 0.717) is 18.3 Å². The van der Waals surface area contributed by atoms with Crippen molar-refractivity contribution in [1.82, 2.24) is 15.1 Å². The highest BCUT2D eigenvalue weighted by molar-refractivity contribution is 5.99. The average Bonchev–Trinajstić information content (AvgIpc) is 3.41. The van der Waals surface area contributed by atoms with E-state index in [1.165, 1.54) is 12.8 Å². The van der Waals surface area contributed by atoms with E-state index in [4.69, 9.17) is 4.42 Å². The highest BCUT2D eigenvalue weighted by Gasteiger charge is 2.29. The van der Waals surface area contributed by atoms with Crippen molar-refractivity contribution in [1.29, 1.82) is 0 Å². The minimum atomic E-state index is 0.0405. The number of fused-ring (bicyclic) bond motifs is 1. The van der Waals surface area contributed by atoms with Crippen LogP contribution in [0.5, 0.6) is 0 Å². The Hall–Kier alpha value is -1.85. The second-order valence-electron chi connectivity index (χ2n) is 8.06. The standard InChI is InChI=1S/C21H29N3O2/c1-23(2)14-18-17-5-3-4-6-19(17)26-20(18)21(25)24-11-9-16(10-12-24)22-13-15-7-8-15/h3-6,15-16,22H,7-14H2,1-2H3. The molecule has 26 heavy (non-hydrogen) atoms. The van der Waals surface area contributed by atoms with Gasteiger partial charge in [0.2, 0.25) is 0 Å². The molecular weight excluding hydrogens is 326 g/mol. The van der Waals surface area contributed by atoms with E-state index in [9.17, 15) is 4.79 Å². The Bertz CT molecular complexity index is 771. The van der Waals surface area contributed by atoms with Crippen LogP contribution in [0.15, 0.2) is 28.7 Å². The number of hydrogen-bond acceptors (Lipinski definition) is 4. The number of benzene rings is 1. The summed E-state index contributed by atoms with van der Waals surface area (Å²) in [6.45, 7) is 3.46. The molecule has 0 radical (unpaired) electrons. The summed E-state index contributed by atoms with van der Waals surface area (Å²) >= 11 is 0. The minimum absolute atomic E-state index is 0.0405. The molecule has 1 aliphatic heterocycles. The van der Waals surface area contributed by atoms with Gasteiger partial charge in [-0.1, -0.05) is 18.2 Å². The molecule has 1 saturated heterocycles. The summed E-state index contributed by atoms with van der Waals surface area (Å²) in [6.07, 6.45) is 4.82. The van der Waals surface area contributed by atoms with Crippen molar-refractivity contribution >= 4 is 16.9 Å². The highest BCUT2D eigenvalue weighted by atomic mass is 16.3. The van der Waals surface area contributed by atoms with Crippen LogP contribution in [0, 0.1) is 5.92 Å². The van der Waals surface area contributed by atoms with Crippen LogP contribution >= 0.6 is 0 Å². The number of carbonyl (C=O) groups is 1. The Labute approximate surface area is 155 Å². The van der Waals surface area contributed by atoms with Crippen molar-refractivity contribution in [2.45, 2.75) is 38.3 Å². The van der Waals surface area contributed by atoms with Crippen molar-refractivity contribution in [3.8, 4) is 0 Å². The molecule has 0 unspecified atom stereocenters. The van der Waals surface area contributed by atoms with Gasteiger partial charge in [-0.25, -0.2) is 0 Å². The average molecular weight is 355 g/mol. The lowest BCUT2D eigenvalue weighted by molar-refractivity contribution is 0.0672. The topological polar surface area (TPSA) is 48.7 Å². The molecule has 1 N–H and O–H groups in total. The molecule has 1 aromatic heterocycles. The number of amides is 1. The fourth-order valence-corrected chi connectivity index (χ4v) is 3.83. The van der Waals surface area contributed by atoms with Gasteiger partial charge in [0.1, 0.15) is 5.58 Å². The zero-order valence-corrected chi connectivity index (χ0v) is 15.8. The summed E-state index contributed by atoms with van der Waals surface area (Å²) in [4.78, 5) is 17.2. The summed E-state index contributed by atoms with van der Waals surface area (Å²) in [5, 5.41) is 4.72. The molecule has 0 atom stereocenters. The smallest absolute Gasteiger partial charge is 0.289 e. The number of nitrogens with one attached hydrogen (secondary N) is 1. The number of likely N-dealkylation sites (tertiary alicyclic amines) is 1. The van der Waals surface area contributed by atoms with Crippen LogP contribution in [0.4, 0.5) is 0 Å². The lowest BCUT2D eigenvalue weighted by atomic mass is 10.0. The van der Waals surface area contributed by atoms with E-state index in [2.05, 4.69) is 10.2 Å². The molecule has 2 fully saturated rings. The maximum Gasteiger partial charge on any atom is 0.289 e. The maximum absolute atomic E-state index is 13.1. The van der Waals surface area contributed by atoms with Gasteiger partial charge >= 0.3 is 0 Å². The zero-order valence-electron chi connectivity index (χ0n) is 15.8. The molecule has 0 spiro atoms. The van der Waals surface area contributed by atoms with E-state index in [0.717, 1.165) is 54.9 Å².